The number of aromatic amines is 1. The summed E-state index contributed by atoms with van der Waals surface area (Å²) in [6.45, 7) is 4.99. The molecule has 2 N–H and O–H groups in total. The van der Waals surface area contributed by atoms with Crippen LogP contribution in [-0.4, -0.2) is 40.8 Å². The van der Waals surface area contributed by atoms with Crippen LogP contribution in [0.5, 0.6) is 0 Å². The zero-order valence-electron chi connectivity index (χ0n) is 19.0. The fourth-order valence-corrected chi connectivity index (χ4v) is 5.08. The third-order valence-corrected chi connectivity index (χ3v) is 6.90. The maximum absolute atomic E-state index is 13.8. The second-order valence-corrected chi connectivity index (χ2v) is 8.93. The molecule has 4 amide bonds. The third kappa shape index (κ3) is 3.22. The van der Waals surface area contributed by atoms with E-state index >= 15 is 0 Å². The summed E-state index contributed by atoms with van der Waals surface area (Å²) in [5, 5.41) is 4.01. The minimum Gasteiger partial charge on any atom is -0.356 e. The van der Waals surface area contributed by atoms with E-state index in [9.17, 15) is 14.4 Å². The molecule has 7 heteroatoms. The van der Waals surface area contributed by atoms with E-state index < -0.39 is 5.54 Å². The number of imide groups is 1. The minimum absolute atomic E-state index is 0.200. The molecule has 1 fully saturated rings. The van der Waals surface area contributed by atoms with Crippen LogP contribution in [0.1, 0.15) is 54.7 Å². The van der Waals surface area contributed by atoms with Crippen molar-refractivity contribution in [3.63, 3.8) is 0 Å². The number of urea groups is 1. The number of benzene rings is 2. The van der Waals surface area contributed by atoms with Crippen LogP contribution in [0.15, 0.2) is 48.5 Å². The predicted octanol–water partition coefficient (Wildman–Crippen LogP) is 4.33. The van der Waals surface area contributed by atoms with Crippen molar-refractivity contribution in [3.8, 4) is 0 Å². The molecular weight excluding hydrogens is 416 g/mol. The van der Waals surface area contributed by atoms with Crippen molar-refractivity contribution in [2.75, 3.05) is 18.0 Å². The average molecular weight is 445 g/mol. The number of H-pyrrole nitrogens is 1. The Morgan fingerprint density at radius 3 is 2.76 bits per heavy atom. The first kappa shape index (κ1) is 21.2. The molecule has 5 rings (SSSR count). The van der Waals surface area contributed by atoms with Crippen molar-refractivity contribution in [1.82, 2.24) is 15.2 Å². The van der Waals surface area contributed by atoms with E-state index in [-0.39, 0.29) is 17.8 Å². The lowest BCUT2D eigenvalue weighted by atomic mass is 9.87. The Bertz CT molecular complexity index is 1260. The summed E-state index contributed by atoms with van der Waals surface area (Å²) >= 11 is 0. The smallest absolute Gasteiger partial charge is 0.332 e. The number of para-hydroxylation sites is 1. The molecule has 3 heterocycles. The van der Waals surface area contributed by atoms with Gasteiger partial charge in [0.05, 0.1) is 11.4 Å². The van der Waals surface area contributed by atoms with Gasteiger partial charge in [-0.3, -0.25) is 9.59 Å². The summed E-state index contributed by atoms with van der Waals surface area (Å²) in [4.78, 5) is 46.1. The fraction of sp³-hybridized carbons (Fsp3) is 0.346. The van der Waals surface area contributed by atoms with Crippen LogP contribution in [0.3, 0.4) is 0 Å². The summed E-state index contributed by atoms with van der Waals surface area (Å²) in [5.74, 6) is -0.505. The number of carbonyl (C=O) groups excluding carboxylic acids is 3. The van der Waals surface area contributed by atoms with E-state index in [4.69, 9.17) is 0 Å². The molecule has 7 nitrogen and oxygen atoms in total. The molecule has 3 aromatic rings. The number of hydrogen-bond acceptors (Lipinski definition) is 3. The van der Waals surface area contributed by atoms with Crippen molar-refractivity contribution in [3.05, 3.63) is 65.4 Å². The zero-order valence-corrected chi connectivity index (χ0v) is 19.0. The lowest BCUT2D eigenvalue weighted by Crippen LogP contribution is -2.49. The van der Waals surface area contributed by atoms with Gasteiger partial charge in [0.15, 0.2) is 5.54 Å². The van der Waals surface area contributed by atoms with Gasteiger partial charge in [-0.25, -0.2) is 9.69 Å². The Morgan fingerprint density at radius 1 is 1.12 bits per heavy atom. The van der Waals surface area contributed by atoms with Crippen LogP contribution in [0, 0.1) is 0 Å². The Morgan fingerprint density at radius 2 is 1.94 bits per heavy atom. The molecule has 0 bridgehead atoms. The topological polar surface area (TPSA) is 85.5 Å². The highest BCUT2D eigenvalue weighted by molar-refractivity contribution is 6.24. The van der Waals surface area contributed by atoms with Crippen LogP contribution < -0.4 is 10.2 Å². The highest BCUT2D eigenvalue weighted by Crippen LogP contribution is 2.45. The lowest BCUT2D eigenvalue weighted by molar-refractivity contribution is -0.125. The van der Waals surface area contributed by atoms with Crippen LogP contribution in [0.2, 0.25) is 0 Å². The molecule has 1 saturated heterocycles. The second-order valence-electron chi connectivity index (χ2n) is 8.93. The monoisotopic (exact) mass is 444 g/mol. The number of aromatic nitrogens is 1. The van der Waals surface area contributed by atoms with Gasteiger partial charge in [-0.05, 0) is 49.6 Å². The molecule has 1 aromatic heterocycles. The van der Waals surface area contributed by atoms with Crippen molar-refractivity contribution >= 4 is 34.4 Å². The van der Waals surface area contributed by atoms with Gasteiger partial charge < -0.3 is 15.2 Å². The Labute approximate surface area is 192 Å². The molecule has 0 unspecified atom stereocenters. The zero-order chi connectivity index (χ0) is 23.2. The summed E-state index contributed by atoms with van der Waals surface area (Å²) in [6.07, 6.45) is 3.74. The van der Waals surface area contributed by atoms with Crippen molar-refractivity contribution in [2.45, 2.75) is 45.1 Å². The van der Waals surface area contributed by atoms with Gasteiger partial charge in [0.1, 0.15) is 0 Å². The number of carbonyl (C=O) groups is 3. The van der Waals surface area contributed by atoms with Gasteiger partial charge >= 0.3 is 6.03 Å². The van der Waals surface area contributed by atoms with Gasteiger partial charge in [0.2, 0.25) is 0 Å². The van der Waals surface area contributed by atoms with E-state index in [1.54, 1.807) is 29.2 Å². The van der Waals surface area contributed by atoms with Gasteiger partial charge in [-0.2, -0.15) is 0 Å². The molecule has 2 aliphatic rings. The van der Waals surface area contributed by atoms with Gasteiger partial charge in [0.25, 0.3) is 11.8 Å². The maximum atomic E-state index is 13.8. The summed E-state index contributed by atoms with van der Waals surface area (Å²) in [6, 6.07) is 14.4. The third-order valence-electron chi connectivity index (χ3n) is 6.90. The molecule has 0 spiro atoms. The first-order valence-electron chi connectivity index (χ1n) is 11.6. The van der Waals surface area contributed by atoms with Gasteiger partial charge in [-0.15, -0.1) is 0 Å². The highest BCUT2D eigenvalue weighted by Gasteiger charge is 2.59. The fourth-order valence-electron chi connectivity index (χ4n) is 5.08. The Balaban J connectivity index is 1.48. The number of unbranched alkanes of at least 4 members (excludes halogenated alkanes) is 2. The van der Waals surface area contributed by atoms with Gasteiger partial charge in [0, 0.05) is 29.6 Å². The predicted molar refractivity (Wildman–Crippen MR) is 127 cm³/mol. The first-order valence-corrected chi connectivity index (χ1v) is 11.6. The Hall–Kier alpha value is -3.61. The van der Waals surface area contributed by atoms with Crippen molar-refractivity contribution in [2.24, 2.45) is 0 Å². The van der Waals surface area contributed by atoms with Crippen LogP contribution in [-0.2, 0) is 16.8 Å². The van der Waals surface area contributed by atoms with E-state index in [1.165, 1.54) is 4.90 Å². The number of nitrogens with one attached hydrogen (secondary N) is 2. The summed E-state index contributed by atoms with van der Waals surface area (Å²) in [7, 11) is 0. The first-order chi connectivity index (χ1) is 16.0. The number of anilines is 1. The quantitative estimate of drug-likeness (QED) is 0.438. The SMILES string of the molecule is CCCCCNC(=O)c1cccc(N2C(=O)N3CCc4c([nH]c5ccccc45)[C@@]3(C)C2=O)c1. The second kappa shape index (κ2) is 8.06. The maximum Gasteiger partial charge on any atom is 0.332 e. The lowest BCUT2D eigenvalue weighted by Gasteiger charge is -2.35. The number of hydrogen-bond donors (Lipinski definition) is 2. The molecule has 33 heavy (non-hydrogen) atoms. The number of fused-ring (bicyclic) bond motifs is 5. The molecular formula is C26H28N4O3. The van der Waals surface area contributed by atoms with Crippen LogP contribution in [0.25, 0.3) is 10.9 Å². The van der Waals surface area contributed by atoms with Crippen LogP contribution >= 0.6 is 0 Å². The number of nitrogens with zero attached hydrogens (tertiary/aromatic N) is 2. The molecule has 0 radical (unpaired) electrons. The molecule has 2 aromatic carbocycles. The molecule has 170 valence electrons. The molecule has 2 aliphatic heterocycles. The summed E-state index contributed by atoms with van der Waals surface area (Å²) < 4.78 is 0. The van der Waals surface area contributed by atoms with E-state index in [0.29, 0.717) is 30.8 Å². The highest BCUT2D eigenvalue weighted by atomic mass is 16.2. The van der Waals surface area contributed by atoms with Crippen molar-refractivity contribution < 1.29 is 14.4 Å². The normalized spacial score (nSPS) is 19.7. The molecule has 0 aliphatic carbocycles. The molecule has 1 atom stereocenters. The largest absolute Gasteiger partial charge is 0.356 e. The summed E-state index contributed by atoms with van der Waals surface area (Å²) in [5.41, 5.74) is 2.58. The van der Waals surface area contributed by atoms with Crippen molar-refractivity contribution in [1.29, 1.82) is 0 Å². The Kier molecular flexibility index (Phi) is 5.19. The van der Waals surface area contributed by atoms with E-state index in [1.807, 2.05) is 31.2 Å². The van der Waals surface area contributed by atoms with Crippen LogP contribution in [0.4, 0.5) is 10.5 Å². The van der Waals surface area contributed by atoms with E-state index in [2.05, 4.69) is 17.2 Å². The molecule has 0 saturated carbocycles. The standard InChI is InChI=1S/C26H28N4O3/c1-3-4-7-14-27-23(31)17-9-8-10-18(16-17)30-24(32)26(2)22-20(13-15-29(26)25(30)33)19-11-5-6-12-21(19)28-22/h5-6,8-12,16,28H,3-4,7,13-15H2,1-2H3,(H,27,31)/t26-/m0/s1. The average Bonchev–Trinajstić information content (AvgIpc) is 3.30. The number of amides is 4. The van der Waals surface area contributed by atoms with E-state index in [0.717, 1.165) is 41.4 Å². The number of rotatable bonds is 6. The minimum atomic E-state index is -1.11. The van der Waals surface area contributed by atoms with Gasteiger partial charge in [-0.1, -0.05) is 44.0 Å².